The second-order valence-electron chi connectivity index (χ2n) is 4.76. The predicted molar refractivity (Wildman–Crippen MR) is 72.1 cm³/mol. The summed E-state index contributed by atoms with van der Waals surface area (Å²) in [6, 6.07) is 1.77. The highest BCUT2D eigenvalue weighted by Crippen LogP contribution is 2.13. The standard InChI is InChI=1S/C13H23N3O3/c1-5-19-8-10(17)7-14-13(18)12-6-11(9(2)3)15-16(12)4/h6,9-10,17H,5,7-8H2,1-4H3,(H,14,18)/t10-/m0/s1. The number of nitrogens with zero attached hydrogens (tertiary/aromatic N) is 2. The Hall–Kier alpha value is -1.40. The molecule has 0 unspecified atom stereocenters. The number of aliphatic hydroxyl groups excluding tert-OH is 1. The summed E-state index contributed by atoms with van der Waals surface area (Å²) in [7, 11) is 1.73. The van der Waals surface area contributed by atoms with Gasteiger partial charge in [0.05, 0.1) is 18.4 Å². The average molecular weight is 269 g/mol. The summed E-state index contributed by atoms with van der Waals surface area (Å²) < 4.78 is 6.63. The number of aryl methyl sites for hydroxylation is 1. The molecule has 108 valence electrons. The molecule has 19 heavy (non-hydrogen) atoms. The molecule has 6 nitrogen and oxygen atoms in total. The summed E-state index contributed by atoms with van der Waals surface area (Å²) in [4.78, 5) is 12.0. The highest BCUT2D eigenvalue weighted by molar-refractivity contribution is 5.92. The number of nitrogens with one attached hydrogen (secondary N) is 1. The van der Waals surface area contributed by atoms with Crippen molar-refractivity contribution < 1.29 is 14.6 Å². The van der Waals surface area contributed by atoms with Crippen molar-refractivity contribution in [3.05, 3.63) is 17.5 Å². The van der Waals surface area contributed by atoms with Crippen LogP contribution in [0.25, 0.3) is 0 Å². The van der Waals surface area contributed by atoms with Crippen LogP contribution in [0.4, 0.5) is 0 Å². The van der Waals surface area contributed by atoms with Crippen LogP contribution in [0, 0.1) is 0 Å². The molecular weight excluding hydrogens is 246 g/mol. The third-order valence-corrected chi connectivity index (χ3v) is 2.74. The van der Waals surface area contributed by atoms with Crippen LogP contribution in [0.3, 0.4) is 0 Å². The van der Waals surface area contributed by atoms with Gasteiger partial charge in [-0.25, -0.2) is 0 Å². The van der Waals surface area contributed by atoms with Crippen molar-refractivity contribution in [3.63, 3.8) is 0 Å². The van der Waals surface area contributed by atoms with E-state index in [1.807, 2.05) is 20.8 Å². The summed E-state index contributed by atoms with van der Waals surface area (Å²) in [5.41, 5.74) is 1.37. The van der Waals surface area contributed by atoms with Gasteiger partial charge in [-0.2, -0.15) is 5.10 Å². The van der Waals surface area contributed by atoms with Crippen molar-refractivity contribution in [1.82, 2.24) is 15.1 Å². The maximum atomic E-state index is 12.0. The van der Waals surface area contributed by atoms with E-state index in [0.717, 1.165) is 5.69 Å². The maximum Gasteiger partial charge on any atom is 0.269 e. The molecule has 1 rings (SSSR count). The summed E-state index contributed by atoms with van der Waals surface area (Å²) in [5.74, 6) is 0.0359. The van der Waals surface area contributed by atoms with Crippen LogP contribution < -0.4 is 5.32 Å². The first-order valence-corrected chi connectivity index (χ1v) is 6.53. The number of hydrogen-bond donors (Lipinski definition) is 2. The first kappa shape index (κ1) is 15.7. The molecule has 0 saturated heterocycles. The molecule has 0 spiro atoms. The highest BCUT2D eigenvalue weighted by Gasteiger charge is 2.15. The first-order chi connectivity index (χ1) is 8.95. The molecule has 0 fully saturated rings. The van der Waals surface area contributed by atoms with Gasteiger partial charge in [-0.1, -0.05) is 13.8 Å². The molecule has 1 heterocycles. The van der Waals surface area contributed by atoms with E-state index >= 15 is 0 Å². The molecule has 0 aliphatic rings. The fraction of sp³-hybridized carbons (Fsp3) is 0.692. The molecule has 0 bridgehead atoms. The number of hydrogen-bond acceptors (Lipinski definition) is 4. The third kappa shape index (κ3) is 4.65. The van der Waals surface area contributed by atoms with Crippen LogP contribution in [0.1, 0.15) is 42.9 Å². The van der Waals surface area contributed by atoms with Crippen LogP contribution in [0.15, 0.2) is 6.07 Å². The molecule has 6 heteroatoms. The Morgan fingerprint density at radius 2 is 2.26 bits per heavy atom. The molecule has 0 saturated carbocycles. The van der Waals surface area contributed by atoms with E-state index in [1.54, 1.807) is 17.8 Å². The molecule has 0 aromatic carbocycles. The smallest absolute Gasteiger partial charge is 0.269 e. The van der Waals surface area contributed by atoms with E-state index < -0.39 is 6.10 Å². The molecule has 0 radical (unpaired) electrons. The van der Waals surface area contributed by atoms with Crippen molar-refractivity contribution in [1.29, 1.82) is 0 Å². The van der Waals surface area contributed by atoms with Gasteiger partial charge in [0.25, 0.3) is 5.91 Å². The number of aliphatic hydroxyl groups is 1. The summed E-state index contributed by atoms with van der Waals surface area (Å²) >= 11 is 0. The number of rotatable bonds is 7. The quantitative estimate of drug-likeness (QED) is 0.763. The van der Waals surface area contributed by atoms with Crippen LogP contribution in [0.5, 0.6) is 0 Å². The van der Waals surface area contributed by atoms with Crippen LogP contribution in [0.2, 0.25) is 0 Å². The maximum absolute atomic E-state index is 12.0. The van der Waals surface area contributed by atoms with Crippen molar-refractivity contribution in [2.45, 2.75) is 32.8 Å². The van der Waals surface area contributed by atoms with E-state index in [-0.39, 0.29) is 25.0 Å². The molecule has 2 N–H and O–H groups in total. The lowest BCUT2D eigenvalue weighted by Crippen LogP contribution is -2.35. The zero-order valence-electron chi connectivity index (χ0n) is 12.0. The van der Waals surface area contributed by atoms with E-state index in [4.69, 9.17) is 4.74 Å². The largest absolute Gasteiger partial charge is 0.389 e. The zero-order valence-corrected chi connectivity index (χ0v) is 12.0. The number of ether oxygens (including phenoxy) is 1. The van der Waals surface area contributed by atoms with Crippen LogP contribution in [-0.2, 0) is 11.8 Å². The van der Waals surface area contributed by atoms with Crippen molar-refractivity contribution in [2.75, 3.05) is 19.8 Å². The van der Waals surface area contributed by atoms with Crippen LogP contribution >= 0.6 is 0 Å². The first-order valence-electron chi connectivity index (χ1n) is 6.53. The highest BCUT2D eigenvalue weighted by atomic mass is 16.5. The van der Waals surface area contributed by atoms with Gasteiger partial charge in [0.1, 0.15) is 5.69 Å². The molecule has 1 amide bonds. The van der Waals surface area contributed by atoms with Gasteiger partial charge in [0, 0.05) is 20.2 Å². The second kappa shape index (κ2) is 7.25. The molecule has 0 aliphatic carbocycles. The SMILES string of the molecule is CCOC[C@@H](O)CNC(=O)c1cc(C(C)C)nn1C. The molecular formula is C13H23N3O3. The van der Waals surface area contributed by atoms with Gasteiger partial charge in [-0.3, -0.25) is 9.48 Å². The van der Waals surface area contributed by atoms with Gasteiger partial charge < -0.3 is 15.2 Å². The number of carbonyl (C=O) groups excluding carboxylic acids is 1. The predicted octanol–water partition coefficient (Wildman–Crippen LogP) is 0.671. The summed E-state index contributed by atoms with van der Waals surface area (Å²) in [6.45, 7) is 6.84. The van der Waals surface area contributed by atoms with Gasteiger partial charge in [-0.05, 0) is 18.9 Å². The fourth-order valence-electron chi connectivity index (χ4n) is 1.60. The lowest BCUT2D eigenvalue weighted by atomic mass is 10.1. The molecule has 0 aliphatic heterocycles. The van der Waals surface area contributed by atoms with Gasteiger partial charge in [0.2, 0.25) is 0 Å². The van der Waals surface area contributed by atoms with Gasteiger partial charge >= 0.3 is 0 Å². The summed E-state index contributed by atoms with van der Waals surface area (Å²) in [5, 5.41) is 16.5. The number of aromatic nitrogens is 2. The lowest BCUT2D eigenvalue weighted by Gasteiger charge is -2.11. The molecule has 1 atom stereocenters. The minimum absolute atomic E-state index is 0.168. The van der Waals surface area contributed by atoms with E-state index in [2.05, 4.69) is 10.4 Å². The van der Waals surface area contributed by atoms with Gasteiger partial charge in [-0.15, -0.1) is 0 Å². The molecule has 1 aromatic rings. The third-order valence-electron chi connectivity index (χ3n) is 2.74. The Balaban J connectivity index is 2.54. The monoisotopic (exact) mass is 269 g/mol. The Bertz CT molecular complexity index is 415. The van der Waals surface area contributed by atoms with Crippen molar-refractivity contribution >= 4 is 5.91 Å². The Morgan fingerprint density at radius 3 is 2.79 bits per heavy atom. The minimum atomic E-state index is -0.693. The Labute approximate surface area is 113 Å². The van der Waals surface area contributed by atoms with E-state index in [9.17, 15) is 9.90 Å². The van der Waals surface area contributed by atoms with Crippen LogP contribution in [-0.4, -0.2) is 46.7 Å². The average Bonchev–Trinajstić information content (AvgIpc) is 2.75. The van der Waals surface area contributed by atoms with Gasteiger partial charge in [0.15, 0.2) is 0 Å². The Morgan fingerprint density at radius 1 is 1.58 bits per heavy atom. The Kier molecular flexibility index (Phi) is 5.98. The number of carbonyl (C=O) groups is 1. The fourth-order valence-corrected chi connectivity index (χ4v) is 1.60. The molecule has 1 aromatic heterocycles. The second-order valence-corrected chi connectivity index (χ2v) is 4.76. The van der Waals surface area contributed by atoms with E-state index in [0.29, 0.717) is 12.3 Å². The zero-order chi connectivity index (χ0) is 14.4. The summed E-state index contributed by atoms with van der Waals surface area (Å²) in [6.07, 6.45) is -0.693. The van der Waals surface area contributed by atoms with Crippen molar-refractivity contribution in [3.8, 4) is 0 Å². The van der Waals surface area contributed by atoms with E-state index in [1.165, 1.54) is 0 Å². The normalized spacial score (nSPS) is 12.7. The lowest BCUT2D eigenvalue weighted by molar-refractivity contribution is 0.0417. The topological polar surface area (TPSA) is 76.4 Å². The minimum Gasteiger partial charge on any atom is -0.389 e. The number of amides is 1. The van der Waals surface area contributed by atoms with Crippen molar-refractivity contribution in [2.24, 2.45) is 7.05 Å².